The van der Waals surface area contributed by atoms with Gasteiger partial charge in [0.1, 0.15) is 0 Å². The van der Waals surface area contributed by atoms with Gasteiger partial charge in [-0.05, 0) is 30.0 Å². The zero-order valence-corrected chi connectivity index (χ0v) is 8.80. The summed E-state index contributed by atoms with van der Waals surface area (Å²) in [6, 6.07) is 1.80. The molecule has 0 spiro atoms. The van der Waals surface area contributed by atoms with Gasteiger partial charge in [0.15, 0.2) is 0 Å². The van der Waals surface area contributed by atoms with E-state index in [9.17, 15) is 26.3 Å². The summed E-state index contributed by atoms with van der Waals surface area (Å²) >= 11 is -0.539. The standard InChI is InChI=1S/C8H6F6N2S/c9-7(10,11)4-1-2-6(5(3-4)16-15)17-8(12,13)14/h1-3,16H,15H2. The van der Waals surface area contributed by atoms with Crippen LogP contribution in [0.15, 0.2) is 23.1 Å². The number of nitrogens with one attached hydrogen (secondary N) is 1. The third-order valence-corrected chi connectivity index (χ3v) is 2.50. The average Bonchev–Trinajstić information content (AvgIpc) is 2.14. The molecule has 0 aliphatic carbocycles. The van der Waals surface area contributed by atoms with Gasteiger partial charge in [0.05, 0.1) is 11.3 Å². The number of halogens is 6. The number of rotatable bonds is 2. The van der Waals surface area contributed by atoms with Crippen molar-refractivity contribution in [1.82, 2.24) is 0 Å². The SMILES string of the molecule is NNc1cc(C(F)(F)F)ccc1SC(F)(F)F. The second-order valence-corrected chi connectivity index (χ2v) is 4.01. The van der Waals surface area contributed by atoms with Gasteiger partial charge in [-0.3, -0.25) is 5.84 Å². The monoisotopic (exact) mass is 276 g/mol. The molecule has 0 heterocycles. The van der Waals surface area contributed by atoms with Gasteiger partial charge in [-0.2, -0.15) is 26.3 Å². The minimum atomic E-state index is -4.63. The van der Waals surface area contributed by atoms with Crippen LogP contribution in [0.2, 0.25) is 0 Å². The minimum Gasteiger partial charge on any atom is -0.323 e. The van der Waals surface area contributed by atoms with Crippen molar-refractivity contribution < 1.29 is 26.3 Å². The molecule has 96 valence electrons. The van der Waals surface area contributed by atoms with Crippen LogP contribution in [0.25, 0.3) is 0 Å². The Morgan fingerprint density at radius 3 is 2.06 bits per heavy atom. The van der Waals surface area contributed by atoms with E-state index >= 15 is 0 Å². The molecule has 1 aromatic rings. The number of anilines is 1. The molecule has 0 bridgehead atoms. The third-order valence-electron chi connectivity index (χ3n) is 1.69. The molecular formula is C8H6F6N2S. The first-order chi connectivity index (χ1) is 7.63. The number of hydrogen-bond acceptors (Lipinski definition) is 3. The van der Waals surface area contributed by atoms with Crippen molar-refractivity contribution in [2.24, 2.45) is 5.84 Å². The van der Waals surface area contributed by atoms with E-state index in [-0.39, 0.29) is 0 Å². The summed E-state index contributed by atoms with van der Waals surface area (Å²) in [5.41, 5.74) is -4.28. The fraction of sp³-hybridized carbons (Fsp3) is 0.250. The van der Waals surface area contributed by atoms with Crippen LogP contribution in [0.5, 0.6) is 0 Å². The van der Waals surface area contributed by atoms with E-state index in [4.69, 9.17) is 5.84 Å². The molecule has 0 aromatic heterocycles. The average molecular weight is 276 g/mol. The Hall–Kier alpha value is -1.09. The lowest BCUT2D eigenvalue weighted by Crippen LogP contribution is -2.12. The first-order valence-corrected chi connectivity index (χ1v) is 4.89. The first-order valence-electron chi connectivity index (χ1n) is 4.07. The summed E-state index contributed by atoms with van der Waals surface area (Å²) in [5, 5.41) is 0. The number of benzene rings is 1. The topological polar surface area (TPSA) is 38.0 Å². The maximum atomic E-state index is 12.3. The summed E-state index contributed by atoms with van der Waals surface area (Å²) in [5.74, 6) is 4.88. The van der Waals surface area contributed by atoms with Gasteiger partial charge in [-0.15, -0.1) is 0 Å². The number of nitrogen functional groups attached to an aromatic ring is 1. The Balaban J connectivity index is 3.10. The highest BCUT2D eigenvalue weighted by atomic mass is 32.2. The summed E-state index contributed by atoms with van der Waals surface area (Å²) in [4.78, 5) is -0.423. The Kier molecular flexibility index (Phi) is 3.82. The highest BCUT2D eigenvalue weighted by molar-refractivity contribution is 8.00. The van der Waals surface area contributed by atoms with Crippen molar-refractivity contribution >= 4 is 17.4 Å². The number of alkyl halides is 6. The molecule has 0 atom stereocenters. The lowest BCUT2D eigenvalue weighted by Gasteiger charge is -2.13. The van der Waals surface area contributed by atoms with Gasteiger partial charge in [-0.25, -0.2) is 0 Å². The number of thioether (sulfide) groups is 1. The molecule has 1 rings (SSSR count). The zero-order valence-electron chi connectivity index (χ0n) is 7.99. The molecule has 0 aliphatic rings. The molecule has 1 aromatic carbocycles. The second-order valence-electron chi connectivity index (χ2n) is 2.90. The summed E-state index contributed by atoms with van der Waals surface area (Å²) in [7, 11) is 0. The Morgan fingerprint density at radius 2 is 1.65 bits per heavy atom. The summed E-state index contributed by atoms with van der Waals surface area (Å²) < 4.78 is 73.0. The van der Waals surface area contributed by atoms with Gasteiger partial charge in [0.25, 0.3) is 0 Å². The van der Waals surface area contributed by atoms with Crippen molar-refractivity contribution in [1.29, 1.82) is 0 Å². The summed E-state index contributed by atoms with van der Waals surface area (Å²) in [6.45, 7) is 0. The third kappa shape index (κ3) is 4.00. The highest BCUT2D eigenvalue weighted by Crippen LogP contribution is 2.42. The zero-order chi connectivity index (χ0) is 13.3. The van der Waals surface area contributed by atoms with Crippen molar-refractivity contribution in [2.75, 3.05) is 5.43 Å². The van der Waals surface area contributed by atoms with Crippen LogP contribution >= 0.6 is 11.8 Å². The first kappa shape index (κ1) is 14.0. The van der Waals surface area contributed by atoms with Crippen LogP contribution in [-0.4, -0.2) is 5.51 Å². The van der Waals surface area contributed by atoms with E-state index in [0.717, 1.165) is 6.07 Å². The van der Waals surface area contributed by atoms with Gasteiger partial charge in [-0.1, -0.05) is 0 Å². The number of hydrogen-bond donors (Lipinski definition) is 2. The van der Waals surface area contributed by atoms with Gasteiger partial charge in [0, 0.05) is 4.90 Å². The van der Waals surface area contributed by atoms with Crippen LogP contribution in [0.3, 0.4) is 0 Å². The fourth-order valence-electron chi connectivity index (χ4n) is 1.03. The van der Waals surface area contributed by atoms with Crippen molar-refractivity contribution in [3.63, 3.8) is 0 Å². The van der Waals surface area contributed by atoms with Crippen molar-refractivity contribution in [3.05, 3.63) is 23.8 Å². The van der Waals surface area contributed by atoms with E-state index in [2.05, 4.69) is 0 Å². The second kappa shape index (κ2) is 4.65. The van der Waals surface area contributed by atoms with Crippen LogP contribution in [0.1, 0.15) is 5.56 Å². The van der Waals surface area contributed by atoms with E-state index < -0.39 is 39.6 Å². The fourth-order valence-corrected chi connectivity index (χ4v) is 1.65. The van der Waals surface area contributed by atoms with E-state index in [0.29, 0.717) is 12.1 Å². The van der Waals surface area contributed by atoms with Crippen LogP contribution in [0, 0.1) is 0 Å². The van der Waals surface area contributed by atoms with Crippen molar-refractivity contribution in [2.45, 2.75) is 16.6 Å². The molecule has 0 fully saturated rings. The van der Waals surface area contributed by atoms with Crippen LogP contribution < -0.4 is 11.3 Å². The molecular weight excluding hydrogens is 270 g/mol. The predicted molar refractivity (Wildman–Crippen MR) is 51.2 cm³/mol. The van der Waals surface area contributed by atoms with E-state index in [1.54, 1.807) is 0 Å². The van der Waals surface area contributed by atoms with E-state index in [1.807, 2.05) is 5.43 Å². The molecule has 0 saturated heterocycles. The van der Waals surface area contributed by atoms with Crippen LogP contribution in [0.4, 0.5) is 32.0 Å². The molecule has 9 heteroatoms. The molecule has 17 heavy (non-hydrogen) atoms. The Morgan fingerprint density at radius 1 is 1.06 bits per heavy atom. The Bertz CT molecular complexity index is 400. The molecule has 2 nitrogen and oxygen atoms in total. The van der Waals surface area contributed by atoms with Gasteiger partial charge in [0.2, 0.25) is 0 Å². The number of nitrogens with two attached hydrogens (primary N) is 1. The molecule has 3 N–H and O–H groups in total. The minimum absolute atomic E-state index is 0.423. The highest BCUT2D eigenvalue weighted by Gasteiger charge is 2.34. The normalized spacial score (nSPS) is 12.6. The lowest BCUT2D eigenvalue weighted by atomic mass is 10.2. The van der Waals surface area contributed by atoms with Crippen LogP contribution in [-0.2, 0) is 6.18 Å². The van der Waals surface area contributed by atoms with E-state index in [1.165, 1.54) is 0 Å². The quantitative estimate of drug-likeness (QED) is 0.375. The smallest absolute Gasteiger partial charge is 0.323 e. The maximum Gasteiger partial charge on any atom is 0.446 e. The predicted octanol–water partition coefficient (Wildman–Crippen LogP) is 3.60. The molecule has 0 radical (unpaired) electrons. The largest absolute Gasteiger partial charge is 0.446 e. The molecule has 0 unspecified atom stereocenters. The molecule has 0 saturated carbocycles. The van der Waals surface area contributed by atoms with Crippen molar-refractivity contribution in [3.8, 4) is 0 Å². The van der Waals surface area contributed by atoms with Gasteiger partial charge < -0.3 is 5.43 Å². The summed E-state index contributed by atoms with van der Waals surface area (Å²) in [6.07, 6.45) is -4.63. The van der Waals surface area contributed by atoms with Gasteiger partial charge >= 0.3 is 11.7 Å². The maximum absolute atomic E-state index is 12.3. The molecule has 0 aliphatic heterocycles. The molecule has 0 amide bonds. The Labute approximate surface area is 96.1 Å². The lowest BCUT2D eigenvalue weighted by molar-refractivity contribution is -0.137. The number of hydrazine groups is 1.